The summed E-state index contributed by atoms with van der Waals surface area (Å²) in [7, 11) is 1.63. The van der Waals surface area contributed by atoms with Crippen molar-refractivity contribution >= 4 is 35.1 Å². The molecule has 1 saturated carbocycles. The lowest BCUT2D eigenvalue weighted by atomic mass is 9.84. The van der Waals surface area contributed by atoms with E-state index in [4.69, 9.17) is 14.3 Å². The Morgan fingerprint density at radius 3 is 2.29 bits per heavy atom. The van der Waals surface area contributed by atoms with Crippen molar-refractivity contribution < 1.29 is 38.3 Å². The Bertz CT molecular complexity index is 1420. The zero-order valence-electron chi connectivity index (χ0n) is 29.9. The Kier molecular flexibility index (Phi) is 11.7. The van der Waals surface area contributed by atoms with Gasteiger partial charge < -0.3 is 24.5 Å². The van der Waals surface area contributed by atoms with Crippen molar-refractivity contribution in [2.75, 3.05) is 13.7 Å². The van der Waals surface area contributed by atoms with Gasteiger partial charge in [-0.05, 0) is 74.6 Å². The third kappa shape index (κ3) is 8.26. The summed E-state index contributed by atoms with van der Waals surface area (Å²) < 4.78 is 11.2. The van der Waals surface area contributed by atoms with Crippen LogP contribution < -0.4 is 10.1 Å². The number of nitrogens with zero attached hydrogens (tertiary/aromatic N) is 2. The van der Waals surface area contributed by atoms with E-state index in [0.29, 0.717) is 25.0 Å². The zero-order chi connectivity index (χ0) is 35.4. The quantitative estimate of drug-likeness (QED) is 0.261. The van der Waals surface area contributed by atoms with Gasteiger partial charge in [0.2, 0.25) is 11.7 Å². The lowest BCUT2D eigenvalue weighted by Crippen LogP contribution is -2.57. The molecule has 2 fully saturated rings. The van der Waals surface area contributed by atoms with E-state index in [9.17, 15) is 24.0 Å². The average Bonchev–Trinajstić information content (AvgIpc) is 3.78. The number of methoxy groups -OCH3 is 1. The van der Waals surface area contributed by atoms with Crippen LogP contribution in [-0.4, -0.2) is 77.4 Å². The predicted molar refractivity (Wildman–Crippen MR) is 181 cm³/mol. The van der Waals surface area contributed by atoms with Gasteiger partial charge in [0.25, 0.3) is 0 Å². The molecule has 2 aliphatic heterocycles. The molecule has 0 radical (unpaired) electrons. The number of amides is 2. The molecule has 0 unspecified atom stereocenters. The fourth-order valence-electron chi connectivity index (χ4n) is 7.36. The molecule has 0 aromatic heterocycles. The van der Waals surface area contributed by atoms with Crippen LogP contribution in [0.5, 0.6) is 5.75 Å². The Morgan fingerprint density at radius 2 is 1.73 bits per heavy atom. The third-order valence-electron chi connectivity index (χ3n) is 9.89. The number of carbonyl (C=O) groups is 5. The van der Waals surface area contributed by atoms with Crippen LogP contribution in [0.4, 0.5) is 4.79 Å². The molecule has 1 aromatic carbocycles. The topological polar surface area (TPSA) is 141 Å². The molecule has 3 aliphatic rings. The number of ether oxygens (including phenoxy) is 2. The predicted octanol–water partition coefficient (Wildman–Crippen LogP) is 5.78. The van der Waals surface area contributed by atoms with Crippen LogP contribution in [-0.2, 0) is 28.8 Å². The maximum atomic E-state index is 14.5. The Balaban J connectivity index is 1.63. The highest BCUT2D eigenvalue weighted by Crippen LogP contribution is 2.41. The normalized spacial score (nSPS) is 22.2. The van der Waals surface area contributed by atoms with Crippen LogP contribution in [0.25, 0.3) is 0 Å². The van der Waals surface area contributed by atoms with Crippen molar-refractivity contribution in [1.82, 2.24) is 10.2 Å². The van der Waals surface area contributed by atoms with Crippen LogP contribution in [0.15, 0.2) is 17.3 Å². The molecule has 0 bridgehead atoms. The Hall–Kier alpha value is -3.76. The molecule has 2 amide bonds. The maximum absolute atomic E-state index is 14.5. The molecule has 48 heavy (non-hydrogen) atoms. The van der Waals surface area contributed by atoms with Crippen molar-refractivity contribution in [2.24, 2.45) is 16.5 Å². The Morgan fingerprint density at radius 1 is 1.08 bits per heavy atom. The van der Waals surface area contributed by atoms with Crippen molar-refractivity contribution in [2.45, 2.75) is 136 Å². The first-order chi connectivity index (χ1) is 22.6. The summed E-state index contributed by atoms with van der Waals surface area (Å²) in [4.78, 5) is 74.7. The van der Waals surface area contributed by atoms with Crippen LogP contribution in [0.1, 0.15) is 116 Å². The van der Waals surface area contributed by atoms with Crippen molar-refractivity contribution in [3.8, 4) is 5.75 Å². The van der Waals surface area contributed by atoms with E-state index in [-0.39, 0.29) is 37.7 Å². The van der Waals surface area contributed by atoms with Gasteiger partial charge in [-0.1, -0.05) is 46.2 Å². The number of likely N-dealkylation sites (tertiary alicyclic amines) is 1. The SMILES string of the molecule is CCC[C@H](CC(=O)[C@@H]1C[C@]2(CC(c3cc(C)c(OC)c(C)c3)=NO2)CN1C(=O)[C@@H](NC(=O)OC1CCCC1)C(C)(C)C)C(=O)C(=O)CC. The van der Waals surface area contributed by atoms with E-state index in [1.54, 1.807) is 14.0 Å². The highest BCUT2D eigenvalue weighted by Gasteiger charge is 2.55. The summed E-state index contributed by atoms with van der Waals surface area (Å²) in [5, 5.41) is 7.27. The minimum Gasteiger partial charge on any atom is -0.496 e. The van der Waals surface area contributed by atoms with E-state index >= 15 is 0 Å². The number of nitrogens with one attached hydrogen (secondary N) is 1. The third-order valence-corrected chi connectivity index (χ3v) is 9.89. The fourth-order valence-corrected chi connectivity index (χ4v) is 7.36. The van der Waals surface area contributed by atoms with E-state index in [1.807, 2.05) is 53.7 Å². The van der Waals surface area contributed by atoms with Gasteiger partial charge in [-0.15, -0.1) is 0 Å². The van der Waals surface area contributed by atoms with Gasteiger partial charge in [-0.25, -0.2) is 4.79 Å². The Labute approximate surface area is 284 Å². The van der Waals surface area contributed by atoms with Crippen molar-refractivity contribution in [3.05, 3.63) is 28.8 Å². The first-order valence-electron chi connectivity index (χ1n) is 17.4. The molecule has 1 saturated heterocycles. The van der Waals surface area contributed by atoms with E-state index in [0.717, 1.165) is 48.1 Å². The first-order valence-corrected chi connectivity index (χ1v) is 17.4. The lowest BCUT2D eigenvalue weighted by molar-refractivity contribution is -0.143. The second-order valence-corrected chi connectivity index (χ2v) is 14.9. The smallest absolute Gasteiger partial charge is 0.408 e. The largest absolute Gasteiger partial charge is 0.496 e. The van der Waals surface area contributed by atoms with Gasteiger partial charge in [-0.2, -0.15) is 0 Å². The number of rotatable bonds is 13. The van der Waals surface area contributed by atoms with Gasteiger partial charge in [-0.3, -0.25) is 19.2 Å². The monoisotopic (exact) mass is 667 g/mol. The minimum atomic E-state index is -1.000. The molecule has 2 heterocycles. The van der Waals surface area contributed by atoms with Gasteiger partial charge in [0.1, 0.15) is 17.9 Å². The molecule has 1 N–H and O–H groups in total. The van der Waals surface area contributed by atoms with Crippen LogP contribution in [0.2, 0.25) is 0 Å². The van der Waals surface area contributed by atoms with Crippen LogP contribution in [0.3, 0.4) is 0 Å². The van der Waals surface area contributed by atoms with E-state index in [1.165, 1.54) is 4.90 Å². The van der Waals surface area contributed by atoms with Gasteiger partial charge in [0.05, 0.1) is 25.4 Å². The molecule has 264 valence electrons. The number of alkyl carbamates (subject to hydrolysis) is 1. The van der Waals surface area contributed by atoms with E-state index in [2.05, 4.69) is 10.5 Å². The molecule has 11 nitrogen and oxygen atoms in total. The van der Waals surface area contributed by atoms with Crippen LogP contribution in [0, 0.1) is 25.2 Å². The average molecular weight is 668 g/mol. The number of hydrogen-bond donors (Lipinski definition) is 1. The summed E-state index contributed by atoms with van der Waals surface area (Å²) >= 11 is 0. The zero-order valence-corrected chi connectivity index (χ0v) is 29.9. The highest BCUT2D eigenvalue weighted by atomic mass is 16.7. The summed E-state index contributed by atoms with van der Waals surface area (Å²) in [5.74, 6) is -1.76. The summed E-state index contributed by atoms with van der Waals surface area (Å²) in [6.07, 6.45) is 4.15. The number of Topliss-reactive ketones (excluding diaryl/α,β-unsaturated/α-hetero) is 3. The lowest BCUT2D eigenvalue weighted by Gasteiger charge is -2.35. The number of oxime groups is 1. The number of ketones is 3. The van der Waals surface area contributed by atoms with Crippen LogP contribution >= 0.6 is 0 Å². The molecule has 4 rings (SSSR count). The van der Waals surface area contributed by atoms with Crippen molar-refractivity contribution in [1.29, 1.82) is 0 Å². The molecule has 1 spiro atoms. The summed E-state index contributed by atoms with van der Waals surface area (Å²) in [6.45, 7) is 13.1. The second-order valence-electron chi connectivity index (χ2n) is 14.9. The van der Waals surface area contributed by atoms with Gasteiger partial charge >= 0.3 is 6.09 Å². The standard InChI is InChI=1S/C37H53N3O8/c1-9-13-24(31(43)29(41)10-2)18-30(42)28-20-37(19-27(39-48-37)25-16-22(3)32(46-8)23(4)17-25)21-40(28)34(44)33(36(5,6)7)38-35(45)47-26-14-11-12-15-26/h16-17,24,26,28,33H,9-15,18-21H2,1-8H3,(H,38,45)/t24-,28+,33-,37-/m1/s1. The highest BCUT2D eigenvalue weighted by molar-refractivity contribution is 6.38. The summed E-state index contributed by atoms with van der Waals surface area (Å²) in [5.41, 5.74) is 1.75. The summed E-state index contributed by atoms with van der Waals surface area (Å²) in [6, 6.07) is 2.02. The van der Waals surface area contributed by atoms with Gasteiger partial charge in [0.15, 0.2) is 17.2 Å². The van der Waals surface area contributed by atoms with Gasteiger partial charge in [0, 0.05) is 37.2 Å². The second kappa shape index (κ2) is 15.2. The molecule has 1 aromatic rings. The van der Waals surface area contributed by atoms with E-state index < -0.39 is 52.6 Å². The number of aryl methyl sites for hydroxylation is 2. The molecule has 11 heteroatoms. The number of benzene rings is 1. The molecular formula is C37H53N3O8. The molecule has 4 atom stereocenters. The molecular weight excluding hydrogens is 614 g/mol. The minimum absolute atomic E-state index is 0.0651. The first kappa shape index (κ1) is 37.1. The fraction of sp³-hybridized carbons (Fsp3) is 0.676. The van der Waals surface area contributed by atoms with Crippen molar-refractivity contribution in [3.63, 3.8) is 0 Å². The number of carbonyl (C=O) groups excluding carboxylic acids is 5. The number of hydrogen-bond acceptors (Lipinski definition) is 9. The maximum Gasteiger partial charge on any atom is 0.408 e. The molecule has 1 aliphatic carbocycles.